The topological polar surface area (TPSA) is 60.2 Å². The Morgan fingerprint density at radius 1 is 1.19 bits per heavy atom. The predicted molar refractivity (Wildman–Crippen MR) is 106 cm³/mol. The van der Waals surface area contributed by atoms with Crippen molar-refractivity contribution in [2.24, 2.45) is 7.05 Å². The van der Waals surface area contributed by atoms with Crippen LogP contribution in [0.3, 0.4) is 0 Å². The van der Waals surface area contributed by atoms with E-state index < -0.39 is 0 Å². The highest BCUT2D eigenvalue weighted by molar-refractivity contribution is 7.22. The molecule has 4 rings (SSSR count). The lowest BCUT2D eigenvalue weighted by atomic mass is 10.2. The number of carbonyl (C=O) groups excluding carboxylic acids is 1. The van der Waals surface area contributed by atoms with Crippen LogP contribution >= 0.6 is 11.3 Å². The first kappa shape index (κ1) is 17.2. The van der Waals surface area contributed by atoms with Gasteiger partial charge in [-0.3, -0.25) is 14.4 Å². The second kappa shape index (κ2) is 7.20. The summed E-state index contributed by atoms with van der Waals surface area (Å²) in [6, 6.07) is 17.3. The molecule has 0 spiro atoms. The number of carbonyl (C=O) groups is 1. The van der Waals surface area contributed by atoms with Crippen LogP contribution in [0.15, 0.2) is 60.8 Å². The number of ether oxygens (including phenoxy) is 1. The zero-order chi connectivity index (χ0) is 18.8. The van der Waals surface area contributed by atoms with Gasteiger partial charge in [0.15, 0.2) is 5.13 Å². The molecule has 0 bridgehead atoms. The number of hydrogen-bond donors (Lipinski definition) is 0. The summed E-state index contributed by atoms with van der Waals surface area (Å²) in [5.41, 5.74) is 2.39. The van der Waals surface area contributed by atoms with Crippen LogP contribution in [0, 0.1) is 0 Å². The second-order valence-electron chi connectivity index (χ2n) is 6.05. The second-order valence-corrected chi connectivity index (χ2v) is 7.06. The molecule has 4 aromatic rings. The summed E-state index contributed by atoms with van der Waals surface area (Å²) in [6.45, 7) is 0.432. The predicted octanol–water partition coefficient (Wildman–Crippen LogP) is 3.89. The minimum atomic E-state index is -0.134. The summed E-state index contributed by atoms with van der Waals surface area (Å²) in [7, 11) is 3.40. The fourth-order valence-corrected chi connectivity index (χ4v) is 3.84. The monoisotopic (exact) mass is 378 g/mol. The van der Waals surface area contributed by atoms with E-state index >= 15 is 0 Å². The highest BCUT2D eigenvalue weighted by Gasteiger charge is 2.24. The molecule has 0 saturated carbocycles. The standard InChI is InChI=1S/C20H18N4O2S/c1-23-17(10-11-21-23)19(25)24(13-14-6-4-3-5-7-14)20-22-16-9-8-15(26-2)12-18(16)27-20/h3-12H,13H2,1-2H3. The van der Waals surface area contributed by atoms with Gasteiger partial charge in [0.2, 0.25) is 0 Å². The van der Waals surface area contributed by atoms with Gasteiger partial charge in [0.25, 0.3) is 5.91 Å². The minimum absolute atomic E-state index is 0.134. The normalized spacial score (nSPS) is 10.9. The summed E-state index contributed by atoms with van der Waals surface area (Å²) in [5, 5.41) is 4.77. The maximum Gasteiger partial charge on any atom is 0.278 e. The Bertz CT molecular complexity index is 1090. The van der Waals surface area contributed by atoms with Gasteiger partial charge in [-0.1, -0.05) is 41.7 Å². The molecule has 2 aromatic carbocycles. The van der Waals surface area contributed by atoms with Crippen LogP contribution < -0.4 is 9.64 Å². The van der Waals surface area contributed by atoms with Crippen LogP contribution in [0.2, 0.25) is 0 Å². The first-order valence-corrected chi connectivity index (χ1v) is 9.26. The van der Waals surface area contributed by atoms with Crippen LogP contribution in [-0.4, -0.2) is 27.8 Å². The van der Waals surface area contributed by atoms with Crippen LogP contribution in [0.25, 0.3) is 10.2 Å². The zero-order valence-corrected chi connectivity index (χ0v) is 15.8. The summed E-state index contributed by atoms with van der Waals surface area (Å²) < 4.78 is 7.85. The number of amides is 1. The molecule has 0 radical (unpaired) electrons. The SMILES string of the molecule is COc1ccc2nc(N(Cc3ccccc3)C(=O)c3ccnn3C)sc2c1. The molecule has 1 amide bonds. The third kappa shape index (κ3) is 3.41. The zero-order valence-electron chi connectivity index (χ0n) is 15.0. The van der Waals surface area contributed by atoms with Crippen molar-refractivity contribution in [3.8, 4) is 5.75 Å². The third-order valence-electron chi connectivity index (χ3n) is 4.28. The van der Waals surface area contributed by atoms with E-state index in [1.807, 2.05) is 48.5 Å². The fourth-order valence-electron chi connectivity index (χ4n) is 2.85. The Kier molecular flexibility index (Phi) is 4.60. The smallest absolute Gasteiger partial charge is 0.278 e. The van der Waals surface area contributed by atoms with Gasteiger partial charge >= 0.3 is 0 Å². The molecule has 7 heteroatoms. The Hall–Kier alpha value is -3.19. The Morgan fingerprint density at radius 2 is 2.00 bits per heavy atom. The first-order chi connectivity index (χ1) is 13.2. The van der Waals surface area contributed by atoms with Crippen molar-refractivity contribution in [1.82, 2.24) is 14.8 Å². The van der Waals surface area contributed by atoms with Gasteiger partial charge in [0.1, 0.15) is 11.4 Å². The minimum Gasteiger partial charge on any atom is -0.497 e. The van der Waals surface area contributed by atoms with Crippen molar-refractivity contribution in [3.05, 3.63) is 72.1 Å². The molecule has 0 aliphatic rings. The van der Waals surface area contributed by atoms with Crippen molar-refractivity contribution < 1.29 is 9.53 Å². The average Bonchev–Trinajstić information content (AvgIpc) is 3.31. The number of methoxy groups -OCH3 is 1. The van der Waals surface area contributed by atoms with E-state index in [4.69, 9.17) is 4.74 Å². The van der Waals surface area contributed by atoms with Crippen LogP contribution in [0.5, 0.6) is 5.75 Å². The Balaban J connectivity index is 1.77. The number of rotatable bonds is 5. The number of nitrogens with zero attached hydrogens (tertiary/aromatic N) is 4. The van der Waals surface area contributed by atoms with E-state index in [1.54, 1.807) is 36.0 Å². The van der Waals surface area contributed by atoms with E-state index in [0.29, 0.717) is 17.4 Å². The fraction of sp³-hybridized carbons (Fsp3) is 0.150. The molecular weight excluding hydrogens is 360 g/mol. The van der Waals surface area contributed by atoms with Gasteiger partial charge in [-0.2, -0.15) is 5.10 Å². The van der Waals surface area contributed by atoms with E-state index in [1.165, 1.54) is 11.3 Å². The van der Waals surface area contributed by atoms with E-state index in [-0.39, 0.29) is 5.91 Å². The largest absolute Gasteiger partial charge is 0.497 e. The van der Waals surface area contributed by atoms with Crippen molar-refractivity contribution in [2.75, 3.05) is 12.0 Å². The molecule has 2 heterocycles. The average molecular weight is 378 g/mol. The van der Waals surface area contributed by atoms with Crippen LogP contribution in [-0.2, 0) is 13.6 Å². The Morgan fingerprint density at radius 3 is 2.70 bits per heavy atom. The molecular formula is C20H18N4O2S. The number of anilines is 1. The molecule has 0 atom stereocenters. The van der Waals surface area contributed by atoms with E-state index in [0.717, 1.165) is 21.5 Å². The molecule has 0 saturated heterocycles. The summed E-state index contributed by atoms with van der Waals surface area (Å²) in [4.78, 5) is 19.6. The Labute approximate surface area is 160 Å². The van der Waals surface area contributed by atoms with Crippen molar-refractivity contribution in [1.29, 1.82) is 0 Å². The molecule has 0 N–H and O–H groups in total. The van der Waals surface area contributed by atoms with Crippen LogP contribution in [0.1, 0.15) is 16.1 Å². The quantitative estimate of drug-likeness (QED) is 0.529. The number of hydrogen-bond acceptors (Lipinski definition) is 5. The summed E-state index contributed by atoms with van der Waals surface area (Å²) in [6.07, 6.45) is 1.62. The first-order valence-electron chi connectivity index (χ1n) is 8.44. The van der Waals surface area contributed by atoms with Crippen molar-refractivity contribution >= 4 is 32.6 Å². The number of fused-ring (bicyclic) bond motifs is 1. The maximum atomic E-state index is 13.2. The van der Waals surface area contributed by atoms with E-state index in [2.05, 4.69) is 10.1 Å². The van der Waals surface area contributed by atoms with Gasteiger partial charge in [0.05, 0.1) is 23.9 Å². The highest BCUT2D eigenvalue weighted by atomic mass is 32.1. The molecule has 0 aliphatic heterocycles. The van der Waals surface area contributed by atoms with Gasteiger partial charge in [0, 0.05) is 13.2 Å². The maximum absolute atomic E-state index is 13.2. The van der Waals surface area contributed by atoms with Crippen LogP contribution in [0.4, 0.5) is 5.13 Å². The molecule has 0 aliphatic carbocycles. The molecule has 0 unspecified atom stereocenters. The number of thiazole rings is 1. The van der Waals surface area contributed by atoms with Gasteiger partial charge in [-0.05, 0) is 29.8 Å². The molecule has 2 aromatic heterocycles. The number of aromatic nitrogens is 3. The molecule has 136 valence electrons. The molecule has 6 nitrogen and oxygen atoms in total. The lowest BCUT2D eigenvalue weighted by Crippen LogP contribution is -2.31. The molecule has 0 fully saturated rings. The summed E-state index contributed by atoms with van der Waals surface area (Å²) >= 11 is 1.47. The van der Waals surface area contributed by atoms with E-state index in [9.17, 15) is 4.79 Å². The van der Waals surface area contributed by atoms with Gasteiger partial charge in [-0.25, -0.2) is 4.98 Å². The van der Waals surface area contributed by atoms with Crippen molar-refractivity contribution in [2.45, 2.75) is 6.54 Å². The highest BCUT2D eigenvalue weighted by Crippen LogP contribution is 2.33. The van der Waals surface area contributed by atoms with Crippen molar-refractivity contribution in [3.63, 3.8) is 0 Å². The molecule has 27 heavy (non-hydrogen) atoms. The lowest BCUT2D eigenvalue weighted by Gasteiger charge is -2.20. The number of benzene rings is 2. The lowest BCUT2D eigenvalue weighted by molar-refractivity contribution is 0.0976. The summed E-state index contributed by atoms with van der Waals surface area (Å²) in [5.74, 6) is 0.634. The van der Waals surface area contributed by atoms with Gasteiger partial charge < -0.3 is 4.74 Å². The number of aryl methyl sites for hydroxylation is 1. The van der Waals surface area contributed by atoms with Gasteiger partial charge in [-0.15, -0.1) is 0 Å². The third-order valence-corrected chi connectivity index (χ3v) is 5.33.